The smallest absolute Gasteiger partial charge is 0.0351 e. The van der Waals surface area contributed by atoms with E-state index in [0.29, 0.717) is 0 Å². The van der Waals surface area contributed by atoms with Gasteiger partial charge in [-0.3, -0.25) is 0 Å². The molecule has 0 nitrogen and oxygen atoms in total. The molecule has 0 aromatic rings. The summed E-state index contributed by atoms with van der Waals surface area (Å²) >= 11 is 0. The molecule has 0 aromatic heterocycles. The molecule has 0 aromatic carbocycles. The lowest BCUT2D eigenvalue weighted by Gasteiger charge is -1.97. The van der Waals surface area contributed by atoms with E-state index in [4.69, 9.17) is 0 Å². The van der Waals surface area contributed by atoms with Crippen LogP contribution in [0, 0.1) is 13.3 Å². The Morgan fingerprint density at radius 3 is 2.17 bits per heavy atom. The van der Waals surface area contributed by atoms with E-state index in [-0.39, 0.29) is 0 Å². The summed E-state index contributed by atoms with van der Waals surface area (Å²) in [5, 5.41) is 0. The minimum absolute atomic E-state index is 0.935. The van der Waals surface area contributed by atoms with Gasteiger partial charge in [0.25, 0.3) is 0 Å². The van der Waals surface area contributed by atoms with Crippen molar-refractivity contribution in [2.75, 3.05) is 0 Å². The first-order valence-corrected chi connectivity index (χ1v) is 5.14. The molecule has 0 N–H and O–H groups in total. The van der Waals surface area contributed by atoms with Crippen LogP contribution in [-0.2, 0) is 0 Å². The Hall–Kier alpha value is -0.260. The van der Waals surface area contributed by atoms with Crippen molar-refractivity contribution in [3.63, 3.8) is 0 Å². The van der Waals surface area contributed by atoms with Gasteiger partial charge in [0.2, 0.25) is 0 Å². The zero-order valence-electron chi connectivity index (χ0n) is 8.39. The molecule has 0 heterocycles. The largest absolute Gasteiger partial charge is 0.0885 e. The van der Waals surface area contributed by atoms with Gasteiger partial charge in [-0.15, -0.1) is 0 Å². The van der Waals surface area contributed by atoms with Crippen LogP contribution in [0.4, 0.5) is 0 Å². The highest BCUT2D eigenvalue weighted by Gasteiger charge is 1.87. The summed E-state index contributed by atoms with van der Waals surface area (Å²) < 4.78 is 0. The summed E-state index contributed by atoms with van der Waals surface area (Å²) in [4.78, 5) is 0. The summed E-state index contributed by atoms with van der Waals surface area (Å²) in [6.07, 6.45) is 15.6. The van der Waals surface area contributed by atoms with Gasteiger partial charge in [0.05, 0.1) is 0 Å². The van der Waals surface area contributed by atoms with Crippen LogP contribution >= 0.6 is 0 Å². The van der Waals surface area contributed by atoms with Crippen molar-refractivity contribution < 1.29 is 0 Å². The van der Waals surface area contributed by atoms with Crippen LogP contribution in [0.15, 0.2) is 12.2 Å². The lowest BCUT2D eigenvalue weighted by Crippen LogP contribution is -1.77. The minimum atomic E-state index is 0.935. The summed E-state index contributed by atoms with van der Waals surface area (Å²) in [7, 11) is 0. The third-order valence-electron chi connectivity index (χ3n) is 1.95. The number of rotatable bonds is 8. The van der Waals surface area contributed by atoms with Crippen molar-refractivity contribution in [2.24, 2.45) is 0 Å². The van der Waals surface area contributed by atoms with Crippen molar-refractivity contribution in [1.82, 2.24) is 0 Å². The van der Waals surface area contributed by atoms with Crippen molar-refractivity contribution in [2.45, 2.75) is 51.9 Å². The van der Waals surface area contributed by atoms with Gasteiger partial charge in [-0.1, -0.05) is 44.8 Å². The average Bonchev–Trinajstić information content (AvgIpc) is 2.10. The summed E-state index contributed by atoms with van der Waals surface area (Å²) in [6, 6.07) is 0. The molecule has 0 spiro atoms. The SMILES string of the molecule is [CH2]CC=CCCCCCC[CH]C. The highest BCUT2D eigenvalue weighted by atomic mass is 13.9. The second-order valence-corrected chi connectivity index (χ2v) is 3.16. The monoisotopic (exact) mass is 166 g/mol. The predicted molar refractivity (Wildman–Crippen MR) is 56.8 cm³/mol. The van der Waals surface area contributed by atoms with Gasteiger partial charge in [0.1, 0.15) is 0 Å². The number of hydrogen-bond donors (Lipinski definition) is 0. The normalized spacial score (nSPS) is 11.2. The fourth-order valence-electron chi connectivity index (χ4n) is 1.20. The topological polar surface area (TPSA) is 0 Å². The van der Waals surface area contributed by atoms with Gasteiger partial charge >= 0.3 is 0 Å². The first-order valence-electron chi connectivity index (χ1n) is 5.14. The van der Waals surface area contributed by atoms with E-state index in [9.17, 15) is 0 Å². The molecule has 0 aliphatic carbocycles. The molecule has 0 fully saturated rings. The molecule has 70 valence electrons. The molecule has 0 aliphatic heterocycles. The Morgan fingerprint density at radius 1 is 0.917 bits per heavy atom. The Labute approximate surface area is 78.1 Å². The van der Waals surface area contributed by atoms with Crippen LogP contribution in [0.3, 0.4) is 0 Å². The van der Waals surface area contributed by atoms with E-state index in [1.807, 2.05) is 0 Å². The van der Waals surface area contributed by atoms with Crippen molar-refractivity contribution in [3.05, 3.63) is 25.5 Å². The summed E-state index contributed by atoms with van der Waals surface area (Å²) in [5.74, 6) is 0. The van der Waals surface area contributed by atoms with Gasteiger partial charge in [-0.05, 0) is 32.6 Å². The van der Waals surface area contributed by atoms with E-state index in [1.54, 1.807) is 0 Å². The standard InChI is InChI=1S/C12H22/c1-3-5-7-9-11-12-10-8-6-4-2/h4-5,7H,1,3,6,8-12H2,2H3. The van der Waals surface area contributed by atoms with Crippen molar-refractivity contribution >= 4 is 0 Å². The van der Waals surface area contributed by atoms with Crippen LogP contribution in [0.25, 0.3) is 0 Å². The summed E-state index contributed by atoms with van der Waals surface area (Å²) in [6.45, 7) is 5.89. The average molecular weight is 166 g/mol. The maximum Gasteiger partial charge on any atom is -0.0351 e. The van der Waals surface area contributed by atoms with Crippen LogP contribution in [-0.4, -0.2) is 0 Å². The zero-order valence-corrected chi connectivity index (χ0v) is 8.39. The van der Waals surface area contributed by atoms with Gasteiger partial charge in [-0.25, -0.2) is 0 Å². The van der Waals surface area contributed by atoms with Crippen LogP contribution in [0.5, 0.6) is 0 Å². The maximum atomic E-state index is 3.75. The Kier molecular flexibility index (Phi) is 10.5. The summed E-state index contributed by atoms with van der Waals surface area (Å²) in [5.41, 5.74) is 0. The van der Waals surface area contributed by atoms with Crippen molar-refractivity contribution in [3.8, 4) is 0 Å². The quantitative estimate of drug-likeness (QED) is 0.372. The molecule has 0 aliphatic rings. The fourth-order valence-corrected chi connectivity index (χ4v) is 1.20. The number of unbranched alkanes of at least 4 members (excludes halogenated alkanes) is 6. The second-order valence-electron chi connectivity index (χ2n) is 3.16. The fraction of sp³-hybridized carbons (Fsp3) is 0.667. The van der Waals surface area contributed by atoms with E-state index in [2.05, 4.69) is 32.4 Å². The van der Waals surface area contributed by atoms with E-state index in [1.165, 1.54) is 38.5 Å². The third kappa shape index (κ3) is 9.74. The van der Waals surface area contributed by atoms with Crippen LogP contribution in [0.1, 0.15) is 51.9 Å². The Morgan fingerprint density at radius 2 is 1.58 bits per heavy atom. The molecule has 0 unspecified atom stereocenters. The molecule has 0 bridgehead atoms. The van der Waals surface area contributed by atoms with Crippen LogP contribution < -0.4 is 0 Å². The molecule has 12 heavy (non-hydrogen) atoms. The molecule has 0 rings (SSSR count). The highest BCUT2D eigenvalue weighted by molar-refractivity contribution is 4.81. The zero-order chi connectivity index (χ0) is 9.07. The molecule has 0 saturated heterocycles. The lowest BCUT2D eigenvalue weighted by atomic mass is 10.1. The highest BCUT2D eigenvalue weighted by Crippen LogP contribution is 2.06. The van der Waals surface area contributed by atoms with Gasteiger partial charge < -0.3 is 0 Å². The molecule has 0 atom stereocenters. The first kappa shape index (κ1) is 11.7. The number of hydrogen-bond acceptors (Lipinski definition) is 0. The third-order valence-corrected chi connectivity index (χ3v) is 1.95. The predicted octanol–water partition coefficient (Wildman–Crippen LogP) is 4.33. The Balaban J connectivity index is 2.86. The second kappa shape index (κ2) is 10.7. The first-order chi connectivity index (χ1) is 5.91. The van der Waals surface area contributed by atoms with Gasteiger partial charge in [0, 0.05) is 0 Å². The molecule has 0 heteroatoms. The molecular formula is C12H22. The van der Waals surface area contributed by atoms with Gasteiger partial charge in [-0.2, -0.15) is 0 Å². The lowest BCUT2D eigenvalue weighted by molar-refractivity contribution is 0.642. The van der Waals surface area contributed by atoms with Crippen molar-refractivity contribution in [1.29, 1.82) is 0 Å². The van der Waals surface area contributed by atoms with E-state index in [0.717, 1.165) is 6.42 Å². The Bertz CT molecular complexity index is 92.2. The molecule has 2 radical (unpaired) electrons. The van der Waals surface area contributed by atoms with Crippen LogP contribution in [0.2, 0.25) is 0 Å². The molecule has 0 saturated carbocycles. The van der Waals surface area contributed by atoms with E-state index < -0.39 is 0 Å². The minimum Gasteiger partial charge on any atom is -0.0885 e. The maximum absolute atomic E-state index is 3.75. The molecular weight excluding hydrogens is 144 g/mol. The van der Waals surface area contributed by atoms with E-state index >= 15 is 0 Å². The van der Waals surface area contributed by atoms with Gasteiger partial charge in [0.15, 0.2) is 0 Å². The molecule has 0 amide bonds. The number of allylic oxidation sites excluding steroid dienone is 2.